The van der Waals surface area contributed by atoms with Gasteiger partial charge in [-0.25, -0.2) is 0 Å². The van der Waals surface area contributed by atoms with Gasteiger partial charge in [0, 0.05) is 12.1 Å². The van der Waals surface area contributed by atoms with Crippen LogP contribution in [0, 0.1) is 0 Å². The summed E-state index contributed by atoms with van der Waals surface area (Å²) < 4.78 is 0. The summed E-state index contributed by atoms with van der Waals surface area (Å²) in [7, 11) is 0. The lowest BCUT2D eigenvalue weighted by atomic mass is 9.92. The minimum Gasteiger partial charge on any atom is -0.308 e. The highest BCUT2D eigenvalue weighted by atomic mass is 14.9. The third kappa shape index (κ3) is 2.98. The van der Waals surface area contributed by atoms with Crippen LogP contribution in [0.3, 0.4) is 0 Å². The Hall–Kier alpha value is -1.08. The quantitative estimate of drug-likeness (QED) is 0.809. The standard InChI is InChI=1S/C16H23N/c1-11(2)14-5-7-15(8-6-14)16-9-12(3)17-13(4)10-16/h5-9,11-13,17H,10H2,1-4H3/t12-,13+/m0/s1. The minimum atomic E-state index is 0.485. The van der Waals surface area contributed by atoms with Gasteiger partial charge in [0.15, 0.2) is 0 Å². The third-order valence-electron chi connectivity index (χ3n) is 3.47. The van der Waals surface area contributed by atoms with Crippen molar-refractivity contribution in [3.8, 4) is 0 Å². The Labute approximate surface area is 105 Å². The van der Waals surface area contributed by atoms with Gasteiger partial charge in [-0.1, -0.05) is 44.2 Å². The van der Waals surface area contributed by atoms with E-state index in [4.69, 9.17) is 0 Å². The molecule has 0 spiro atoms. The molecule has 0 radical (unpaired) electrons. The van der Waals surface area contributed by atoms with Gasteiger partial charge < -0.3 is 5.32 Å². The molecule has 0 amide bonds. The summed E-state index contributed by atoms with van der Waals surface area (Å²) in [4.78, 5) is 0. The molecule has 0 aliphatic carbocycles. The Morgan fingerprint density at radius 2 is 1.76 bits per heavy atom. The van der Waals surface area contributed by atoms with Crippen LogP contribution in [0.4, 0.5) is 0 Å². The predicted octanol–water partition coefficient (Wildman–Crippen LogP) is 3.96. The smallest absolute Gasteiger partial charge is 0.0230 e. The molecule has 2 rings (SSSR count). The van der Waals surface area contributed by atoms with Crippen LogP contribution in [0.2, 0.25) is 0 Å². The number of benzene rings is 1. The molecule has 1 N–H and O–H groups in total. The maximum absolute atomic E-state index is 3.53. The van der Waals surface area contributed by atoms with Crippen LogP contribution in [-0.4, -0.2) is 12.1 Å². The van der Waals surface area contributed by atoms with Crippen LogP contribution in [0.25, 0.3) is 5.57 Å². The highest BCUT2D eigenvalue weighted by Crippen LogP contribution is 2.25. The van der Waals surface area contributed by atoms with E-state index < -0.39 is 0 Å². The van der Waals surface area contributed by atoms with Crippen molar-refractivity contribution in [3.05, 3.63) is 41.5 Å². The molecule has 17 heavy (non-hydrogen) atoms. The van der Waals surface area contributed by atoms with Crippen LogP contribution in [0.15, 0.2) is 30.3 Å². The Bertz CT molecular complexity index is 400. The van der Waals surface area contributed by atoms with E-state index in [2.05, 4.69) is 63.4 Å². The molecule has 0 bridgehead atoms. The highest BCUT2D eigenvalue weighted by molar-refractivity contribution is 5.67. The maximum Gasteiger partial charge on any atom is 0.0230 e. The van der Waals surface area contributed by atoms with Crippen LogP contribution >= 0.6 is 0 Å². The third-order valence-corrected chi connectivity index (χ3v) is 3.47. The highest BCUT2D eigenvalue weighted by Gasteiger charge is 2.16. The fourth-order valence-corrected chi connectivity index (χ4v) is 2.55. The van der Waals surface area contributed by atoms with Crippen molar-refractivity contribution >= 4 is 5.57 Å². The molecule has 92 valence electrons. The summed E-state index contributed by atoms with van der Waals surface area (Å²) in [5.74, 6) is 0.615. The molecule has 1 aliphatic heterocycles. The number of hydrogen-bond donors (Lipinski definition) is 1. The van der Waals surface area contributed by atoms with Gasteiger partial charge in [-0.3, -0.25) is 0 Å². The first-order chi connectivity index (χ1) is 8.06. The minimum absolute atomic E-state index is 0.485. The summed E-state index contributed by atoms with van der Waals surface area (Å²) in [5, 5.41) is 3.53. The lowest BCUT2D eigenvalue weighted by Gasteiger charge is -2.26. The van der Waals surface area contributed by atoms with E-state index in [0.717, 1.165) is 6.42 Å². The molecular weight excluding hydrogens is 206 g/mol. The SMILES string of the molecule is CC(C)c1ccc(C2=C[C@H](C)N[C@H](C)C2)cc1. The first-order valence-corrected chi connectivity index (χ1v) is 6.63. The maximum atomic E-state index is 3.53. The average molecular weight is 229 g/mol. The Morgan fingerprint density at radius 3 is 2.29 bits per heavy atom. The molecular formula is C16H23N. The van der Waals surface area contributed by atoms with Crippen molar-refractivity contribution < 1.29 is 0 Å². The average Bonchev–Trinajstić information content (AvgIpc) is 2.28. The molecule has 1 aromatic rings. The fraction of sp³-hybridized carbons (Fsp3) is 0.500. The number of rotatable bonds is 2. The van der Waals surface area contributed by atoms with E-state index in [1.807, 2.05) is 0 Å². The van der Waals surface area contributed by atoms with Gasteiger partial charge >= 0.3 is 0 Å². The van der Waals surface area contributed by atoms with Crippen molar-refractivity contribution in [2.75, 3.05) is 0 Å². The van der Waals surface area contributed by atoms with Crippen LogP contribution in [0.5, 0.6) is 0 Å². The normalized spacial score (nSPS) is 24.9. The Morgan fingerprint density at radius 1 is 1.12 bits per heavy atom. The van der Waals surface area contributed by atoms with Gasteiger partial charge in [0.05, 0.1) is 0 Å². The summed E-state index contributed by atoms with van der Waals surface area (Å²) in [6.45, 7) is 8.95. The monoisotopic (exact) mass is 229 g/mol. The van der Waals surface area contributed by atoms with Crippen molar-refractivity contribution in [1.29, 1.82) is 0 Å². The second-order valence-electron chi connectivity index (χ2n) is 5.53. The molecule has 0 saturated carbocycles. The lowest BCUT2D eigenvalue weighted by molar-refractivity contribution is 0.506. The lowest BCUT2D eigenvalue weighted by Crippen LogP contribution is -2.36. The second kappa shape index (κ2) is 5.05. The molecule has 2 atom stereocenters. The summed E-state index contributed by atoms with van der Waals surface area (Å²) in [6.07, 6.45) is 3.48. The van der Waals surface area contributed by atoms with Crippen molar-refractivity contribution in [2.24, 2.45) is 0 Å². The molecule has 0 aromatic heterocycles. The topological polar surface area (TPSA) is 12.0 Å². The molecule has 0 fully saturated rings. The zero-order valence-electron chi connectivity index (χ0n) is 11.3. The van der Waals surface area contributed by atoms with Crippen molar-refractivity contribution in [1.82, 2.24) is 5.32 Å². The van der Waals surface area contributed by atoms with Gasteiger partial charge in [0.2, 0.25) is 0 Å². The predicted molar refractivity (Wildman–Crippen MR) is 75.2 cm³/mol. The van der Waals surface area contributed by atoms with E-state index in [9.17, 15) is 0 Å². The van der Waals surface area contributed by atoms with Gasteiger partial charge in [-0.15, -0.1) is 0 Å². The zero-order valence-corrected chi connectivity index (χ0v) is 11.3. The van der Waals surface area contributed by atoms with Crippen molar-refractivity contribution in [2.45, 2.75) is 52.1 Å². The zero-order chi connectivity index (χ0) is 12.4. The number of hydrogen-bond acceptors (Lipinski definition) is 1. The van der Waals surface area contributed by atoms with E-state index in [-0.39, 0.29) is 0 Å². The molecule has 1 aromatic carbocycles. The van der Waals surface area contributed by atoms with Crippen LogP contribution in [0.1, 0.15) is 51.2 Å². The van der Waals surface area contributed by atoms with E-state index in [0.29, 0.717) is 18.0 Å². The molecule has 1 heteroatoms. The summed E-state index contributed by atoms with van der Waals surface area (Å²) in [5.41, 5.74) is 4.29. The molecule has 0 saturated heterocycles. The summed E-state index contributed by atoms with van der Waals surface area (Å²) in [6, 6.07) is 10.1. The Kier molecular flexibility index (Phi) is 3.68. The van der Waals surface area contributed by atoms with Gasteiger partial charge in [0.25, 0.3) is 0 Å². The van der Waals surface area contributed by atoms with Crippen LogP contribution < -0.4 is 5.32 Å². The second-order valence-corrected chi connectivity index (χ2v) is 5.53. The van der Waals surface area contributed by atoms with E-state index in [1.165, 1.54) is 16.7 Å². The molecule has 1 nitrogen and oxygen atoms in total. The first kappa shape index (κ1) is 12.4. The summed E-state index contributed by atoms with van der Waals surface area (Å²) >= 11 is 0. The first-order valence-electron chi connectivity index (χ1n) is 6.63. The van der Waals surface area contributed by atoms with Gasteiger partial charge in [0.1, 0.15) is 0 Å². The van der Waals surface area contributed by atoms with Gasteiger partial charge in [-0.05, 0) is 42.9 Å². The fourth-order valence-electron chi connectivity index (χ4n) is 2.55. The largest absolute Gasteiger partial charge is 0.308 e. The number of nitrogens with one attached hydrogen (secondary N) is 1. The Balaban J connectivity index is 2.22. The van der Waals surface area contributed by atoms with E-state index in [1.54, 1.807) is 0 Å². The van der Waals surface area contributed by atoms with Crippen LogP contribution in [-0.2, 0) is 0 Å². The van der Waals surface area contributed by atoms with Crippen molar-refractivity contribution in [3.63, 3.8) is 0 Å². The molecule has 1 aliphatic rings. The molecule has 0 unspecified atom stereocenters. The van der Waals surface area contributed by atoms with Gasteiger partial charge in [-0.2, -0.15) is 0 Å². The molecule has 1 heterocycles. The van der Waals surface area contributed by atoms with E-state index >= 15 is 0 Å².